The van der Waals surface area contributed by atoms with Gasteiger partial charge in [0.05, 0.1) is 0 Å². The molecule has 0 heterocycles. The van der Waals surface area contributed by atoms with Crippen molar-refractivity contribution in [2.24, 2.45) is 0 Å². The van der Waals surface area contributed by atoms with Crippen molar-refractivity contribution in [3.63, 3.8) is 0 Å². The van der Waals surface area contributed by atoms with E-state index in [0.29, 0.717) is 25.9 Å². The number of carbonyl (C=O) groups excluding carboxylic acids is 1. The zero-order valence-electron chi connectivity index (χ0n) is 8.58. The number of rotatable bonds is 7. The first-order valence-corrected chi connectivity index (χ1v) is 4.63. The Morgan fingerprint density at radius 2 is 2.14 bits per heavy atom. The Balaban J connectivity index is 3.74. The van der Waals surface area contributed by atoms with Crippen molar-refractivity contribution in [2.75, 3.05) is 13.7 Å². The fourth-order valence-electron chi connectivity index (χ4n) is 0.982. The second-order valence-corrected chi connectivity index (χ2v) is 2.96. The molecule has 0 fully saturated rings. The number of hydrogen-bond acceptors (Lipinski definition) is 3. The highest BCUT2D eigenvalue weighted by Crippen LogP contribution is 1.94. The Kier molecular flexibility index (Phi) is 6.74. The molecule has 5 nitrogen and oxygen atoms in total. The summed E-state index contributed by atoms with van der Waals surface area (Å²) in [5, 5.41) is 11.1. The van der Waals surface area contributed by atoms with Crippen LogP contribution >= 0.6 is 0 Å². The number of carboxylic acids is 1. The van der Waals surface area contributed by atoms with Crippen LogP contribution in [-0.4, -0.2) is 36.7 Å². The third-order valence-electron chi connectivity index (χ3n) is 1.79. The molecule has 82 valence electrons. The predicted molar refractivity (Wildman–Crippen MR) is 51.0 cm³/mol. The lowest BCUT2D eigenvalue weighted by Gasteiger charge is -2.11. The standard InChI is InChI=1S/C9H17NO4/c1-3-7(9(12)13)10-8(11)5-4-6-14-2/h7H,3-6H2,1-2H3,(H,10,11)(H,12,13). The van der Waals surface area contributed by atoms with E-state index < -0.39 is 12.0 Å². The summed E-state index contributed by atoms with van der Waals surface area (Å²) in [6.45, 7) is 2.23. The number of amides is 1. The van der Waals surface area contributed by atoms with Gasteiger partial charge in [-0.05, 0) is 12.8 Å². The van der Waals surface area contributed by atoms with Gasteiger partial charge in [-0.25, -0.2) is 4.79 Å². The molecule has 0 saturated heterocycles. The quantitative estimate of drug-likeness (QED) is 0.587. The summed E-state index contributed by atoms with van der Waals surface area (Å²) in [5.74, 6) is -1.23. The number of methoxy groups -OCH3 is 1. The van der Waals surface area contributed by atoms with Crippen LogP contribution in [0.3, 0.4) is 0 Å². The molecule has 0 aromatic rings. The second-order valence-electron chi connectivity index (χ2n) is 2.96. The zero-order valence-corrected chi connectivity index (χ0v) is 8.58. The average molecular weight is 203 g/mol. The van der Waals surface area contributed by atoms with E-state index in [2.05, 4.69) is 5.32 Å². The van der Waals surface area contributed by atoms with Crippen LogP contribution in [0.1, 0.15) is 26.2 Å². The maximum atomic E-state index is 11.2. The van der Waals surface area contributed by atoms with Crippen molar-refractivity contribution in [1.29, 1.82) is 0 Å². The fraction of sp³-hybridized carbons (Fsp3) is 0.778. The van der Waals surface area contributed by atoms with E-state index in [1.807, 2.05) is 0 Å². The second kappa shape index (κ2) is 7.32. The molecule has 0 aliphatic carbocycles. The lowest BCUT2D eigenvalue weighted by molar-refractivity contribution is -0.141. The highest BCUT2D eigenvalue weighted by Gasteiger charge is 2.16. The van der Waals surface area contributed by atoms with E-state index in [9.17, 15) is 9.59 Å². The van der Waals surface area contributed by atoms with Gasteiger partial charge in [-0.15, -0.1) is 0 Å². The van der Waals surface area contributed by atoms with Gasteiger partial charge in [0.1, 0.15) is 6.04 Å². The molecular formula is C9H17NO4. The molecule has 0 saturated carbocycles. The van der Waals surface area contributed by atoms with Gasteiger partial charge >= 0.3 is 5.97 Å². The summed E-state index contributed by atoms with van der Waals surface area (Å²) in [5.41, 5.74) is 0. The highest BCUT2D eigenvalue weighted by molar-refractivity contribution is 5.83. The Bertz CT molecular complexity index is 193. The number of carboxylic acid groups (broad SMARTS) is 1. The SMILES string of the molecule is CCC(NC(=O)CCCOC)C(=O)O. The third-order valence-corrected chi connectivity index (χ3v) is 1.79. The van der Waals surface area contributed by atoms with E-state index >= 15 is 0 Å². The summed E-state index contributed by atoms with van der Waals surface area (Å²) >= 11 is 0. The molecule has 0 bridgehead atoms. The van der Waals surface area contributed by atoms with Gasteiger partial charge in [-0.2, -0.15) is 0 Å². The molecule has 0 rings (SSSR count). The van der Waals surface area contributed by atoms with E-state index in [1.165, 1.54) is 0 Å². The van der Waals surface area contributed by atoms with Crippen LogP contribution in [0.25, 0.3) is 0 Å². The van der Waals surface area contributed by atoms with Crippen molar-refractivity contribution >= 4 is 11.9 Å². The summed E-state index contributed by atoms with van der Waals surface area (Å²) in [7, 11) is 1.56. The summed E-state index contributed by atoms with van der Waals surface area (Å²) < 4.78 is 4.77. The first-order chi connectivity index (χ1) is 6.61. The van der Waals surface area contributed by atoms with Crippen molar-refractivity contribution < 1.29 is 19.4 Å². The van der Waals surface area contributed by atoms with Gasteiger partial charge in [0.2, 0.25) is 5.91 Å². The third kappa shape index (κ3) is 5.53. The molecular weight excluding hydrogens is 186 g/mol. The van der Waals surface area contributed by atoms with Crippen LogP contribution in [0, 0.1) is 0 Å². The van der Waals surface area contributed by atoms with Gasteiger partial charge in [-0.1, -0.05) is 6.92 Å². The van der Waals surface area contributed by atoms with Crippen molar-refractivity contribution in [1.82, 2.24) is 5.32 Å². The summed E-state index contributed by atoms with van der Waals surface area (Å²) in [6, 6.07) is -0.773. The molecule has 0 spiro atoms. The lowest BCUT2D eigenvalue weighted by Crippen LogP contribution is -2.40. The zero-order chi connectivity index (χ0) is 11.0. The minimum absolute atomic E-state index is 0.240. The first kappa shape index (κ1) is 12.9. The predicted octanol–water partition coefficient (Wildman–Crippen LogP) is 0.392. The maximum absolute atomic E-state index is 11.2. The van der Waals surface area contributed by atoms with Crippen LogP contribution in [0.15, 0.2) is 0 Å². The first-order valence-electron chi connectivity index (χ1n) is 4.63. The van der Waals surface area contributed by atoms with Gasteiger partial charge in [0, 0.05) is 20.1 Å². The summed E-state index contributed by atoms with van der Waals surface area (Å²) in [6.07, 6.45) is 1.31. The molecule has 14 heavy (non-hydrogen) atoms. The van der Waals surface area contributed by atoms with Crippen LogP contribution in [0.5, 0.6) is 0 Å². The van der Waals surface area contributed by atoms with Crippen LogP contribution in [0.2, 0.25) is 0 Å². The van der Waals surface area contributed by atoms with Crippen LogP contribution in [-0.2, 0) is 14.3 Å². The molecule has 2 N–H and O–H groups in total. The molecule has 1 unspecified atom stereocenters. The minimum atomic E-state index is -0.993. The summed E-state index contributed by atoms with van der Waals surface area (Å²) in [4.78, 5) is 21.7. The molecule has 0 aromatic carbocycles. The number of nitrogens with one attached hydrogen (secondary N) is 1. The Morgan fingerprint density at radius 1 is 1.50 bits per heavy atom. The largest absolute Gasteiger partial charge is 0.480 e. The van der Waals surface area contributed by atoms with Gasteiger partial charge in [0.15, 0.2) is 0 Å². The molecule has 5 heteroatoms. The van der Waals surface area contributed by atoms with E-state index in [4.69, 9.17) is 9.84 Å². The highest BCUT2D eigenvalue weighted by atomic mass is 16.5. The van der Waals surface area contributed by atoms with Gasteiger partial charge in [-0.3, -0.25) is 4.79 Å². The van der Waals surface area contributed by atoms with E-state index in [-0.39, 0.29) is 5.91 Å². The van der Waals surface area contributed by atoms with E-state index in [0.717, 1.165) is 0 Å². The lowest BCUT2D eigenvalue weighted by atomic mass is 10.2. The normalized spacial score (nSPS) is 12.1. The molecule has 0 aliphatic rings. The van der Waals surface area contributed by atoms with Gasteiger partial charge in [0.25, 0.3) is 0 Å². The van der Waals surface area contributed by atoms with Crippen LogP contribution in [0.4, 0.5) is 0 Å². The number of hydrogen-bond donors (Lipinski definition) is 2. The average Bonchev–Trinajstić information content (AvgIpc) is 2.14. The van der Waals surface area contributed by atoms with Crippen molar-refractivity contribution in [2.45, 2.75) is 32.2 Å². The molecule has 0 radical (unpaired) electrons. The molecule has 0 aliphatic heterocycles. The van der Waals surface area contributed by atoms with Crippen molar-refractivity contribution in [3.05, 3.63) is 0 Å². The minimum Gasteiger partial charge on any atom is -0.480 e. The Labute approximate surface area is 83.4 Å². The smallest absolute Gasteiger partial charge is 0.326 e. The number of ether oxygens (including phenoxy) is 1. The number of carbonyl (C=O) groups is 2. The molecule has 1 atom stereocenters. The maximum Gasteiger partial charge on any atom is 0.326 e. The number of aliphatic carboxylic acids is 1. The molecule has 1 amide bonds. The fourth-order valence-corrected chi connectivity index (χ4v) is 0.982. The van der Waals surface area contributed by atoms with Gasteiger partial charge < -0.3 is 15.2 Å². The molecule has 0 aromatic heterocycles. The topological polar surface area (TPSA) is 75.6 Å². The van der Waals surface area contributed by atoms with Crippen molar-refractivity contribution in [3.8, 4) is 0 Å². The monoisotopic (exact) mass is 203 g/mol. The van der Waals surface area contributed by atoms with E-state index in [1.54, 1.807) is 14.0 Å². The Hall–Kier alpha value is -1.10. The Morgan fingerprint density at radius 3 is 2.57 bits per heavy atom. The van der Waals surface area contributed by atoms with Crippen LogP contribution < -0.4 is 5.32 Å².